The van der Waals surface area contributed by atoms with E-state index < -0.39 is 23.0 Å². The van der Waals surface area contributed by atoms with Crippen LogP contribution in [0.3, 0.4) is 0 Å². The van der Waals surface area contributed by atoms with Gasteiger partial charge in [-0.3, -0.25) is 4.79 Å². The lowest BCUT2D eigenvalue weighted by Crippen LogP contribution is -2.24. The molecule has 0 radical (unpaired) electrons. The molecule has 0 unspecified atom stereocenters. The predicted octanol–water partition coefficient (Wildman–Crippen LogP) is 2.73. The van der Waals surface area contributed by atoms with Gasteiger partial charge in [-0.15, -0.1) is 0 Å². The number of halogens is 2. The SMILES string of the molecule is COc1ccc(F)c(F)c1C(C)(C)CC(=O)O. The average Bonchev–Trinajstić information content (AvgIpc) is 2.19. The first kappa shape index (κ1) is 13.4. The van der Waals surface area contributed by atoms with E-state index in [0.717, 1.165) is 6.07 Å². The second kappa shape index (κ2) is 4.69. The second-order valence-corrected chi connectivity index (χ2v) is 4.39. The summed E-state index contributed by atoms with van der Waals surface area (Å²) in [6.07, 6.45) is -0.316. The Morgan fingerprint density at radius 3 is 2.47 bits per heavy atom. The summed E-state index contributed by atoms with van der Waals surface area (Å²) in [5.74, 6) is -3.01. The Hall–Kier alpha value is -1.65. The first-order valence-electron chi connectivity index (χ1n) is 5.04. The highest BCUT2D eigenvalue weighted by Crippen LogP contribution is 2.37. The van der Waals surface area contributed by atoms with Crippen molar-refractivity contribution in [2.24, 2.45) is 0 Å². The Kier molecular flexibility index (Phi) is 3.70. The molecule has 0 fully saturated rings. The van der Waals surface area contributed by atoms with Crippen LogP contribution in [-0.2, 0) is 10.2 Å². The lowest BCUT2D eigenvalue weighted by Gasteiger charge is -2.25. The summed E-state index contributed by atoms with van der Waals surface area (Å²) in [5.41, 5.74) is -1.11. The van der Waals surface area contributed by atoms with Crippen LogP contribution in [0.4, 0.5) is 8.78 Å². The number of hydrogen-bond acceptors (Lipinski definition) is 2. The number of carboxylic acids is 1. The van der Waals surface area contributed by atoms with Gasteiger partial charge < -0.3 is 9.84 Å². The first-order valence-corrected chi connectivity index (χ1v) is 5.04. The van der Waals surface area contributed by atoms with E-state index in [9.17, 15) is 13.6 Å². The van der Waals surface area contributed by atoms with Crippen molar-refractivity contribution < 1.29 is 23.4 Å². The largest absolute Gasteiger partial charge is 0.496 e. The van der Waals surface area contributed by atoms with Crippen LogP contribution in [0.25, 0.3) is 0 Å². The molecule has 0 amide bonds. The van der Waals surface area contributed by atoms with Gasteiger partial charge in [0.1, 0.15) is 5.75 Å². The summed E-state index contributed by atoms with van der Waals surface area (Å²) in [6, 6.07) is 2.24. The van der Waals surface area contributed by atoms with E-state index in [1.54, 1.807) is 0 Å². The summed E-state index contributed by atoms with van der Waals surface area (Å²) < 4.78 is 31.9. The van der Waals surface area contributed by atoms with Gasteiger partial charge >= 0.3 is 5.97 Å². The van der Waals surface area contributed by atoms with Crippen LogP contribution in [0.15, 0.2) is 12.1 Å². The van der Waals surface area contributed by atoms with Crippen LogP contribution in [0, 0.1) is 11.6 Å². The quantitative estimate of drug-likeness (QED) is 0.885. The molecule has 0 saturated heterocycles. The summed E-state index contributed by atoms with van der Waals surface area (Å²) >= 11 is 0. The van der Waals surface area contributed by atoms with Crippen LogP contribution in [0.5, 0.6) is 5.75 Å². The number of aliphatic carboxylic acids is 1. The fourth-order valence-electron chi connectivity index (χ4n) is 1.80. The predicted molar refractivity (Wildman–Crippen MR) is 58.2 cm³/mol. The minimum atomic E-state index is -1.08. The summed E-state index contributed by atoms with van der Waals surface area (Å²) in [5, 5.41) is 8.78. The maximum atomic E-state index is 13.7. The van der Waals surface area contributed by atoms with E-state index >= 15 is 0 Å². The molecule has 1 N–H and O–H groups in total. The van der Waals surface area contributed by atoms with Crippen LogP contribution in [0.2, 0.25) is 0 Å². The molecule has 0 aliphatic rings. The first-order chi connectivity index (χ1) is 7.79. The lowest BCUT2D eigenvalue weighted by molar-refractivity contribution is -0.138. The highest BCUT2D eigenvalue weighted by molar-refractivity contribution is 5.69. The minimum Gasteiger partial charge on any atom is -0.496 e. The molecule has 94 valence electrons. The molecule has 5 heteroatoms. The smallest absolute Gasteiger partial charge is 0.304 e. The third-order valence-corrected chi connectivity index (χ3v) is 2.55. The van der Waals surface area contributed by atoms with Crippen molar-refractivity contribution in [3.05, 3.63) is 29.3 Å². The Morgan fingerprint density at radius 1 is 1.41 bits per heavy atom. The van der Waals surface area contributed by atoms with Crippen LogP contribution < -0.4 is 4.74 Å². The van der Waals surface area contributed by atoms with Crippen molar-refractivity contribution in [3.8, 4) is 5.75 Å². The van der Waals surface area contributed by atoms with E-state index in [1.807, 2.05) is 0 Å². The van der Waals surface area contributed by atoms with E-state index in [1.165, 1.54) is 27.0 Å². The monoisotopic (exact) mass is 244 g/mol. The van der Waals surface area contributed by atoms with Gasteiger partial charge in [0.05, 0.1) is 13.5 Å². The minimum absolute atomic E-state index is 0.0533. The summed E-state index contributed by atoms with van der Waals surface area (Å²) in [7, 11) is 1.33. The zero-order chi connectivity index (χ0) is 13.2. The van der Waals surface area contributed by atoms with Crippen molar-refractivity contribution in [2.75, 3.05) is 7.11 Å². The van der Waals surface area contributed by atoms with Crippen molar-refractivity contribution in [2.45, 2.75) is 25.7 Å². The highest BCUT2D eigenvalue weighted by Gasteiger charge is 2.32. The number of hydrogen-bond donors (Lipinski definition) is 1. The number of benzene rings is 1. The van der Waals surface area contributed by atoms with Gasteiger partial charge in [0.2, 0.25) is 0 Å². The molecular formula is C12H14F2O3. The number of carboxylic acid groups (broad SMARTS) is 1. The molecule has 3 nitrogen and oxygen atoms in total. The van der Waals surface area contributed by atoms with Crippen molar-refractivity contribution in [1.82, 2.24) is 0 Å². The van der Waals surface area contributed by atoms with E-state index in [-0.39, 0.29) is 17.7 Å². The molecule has 0 spiro atoms. The van der Waals surface area contributed by atoms with Gasteiger partial charge in [-0.1, -0.05) is 13.8 Å². The maximum Gasteiger partial charge on any atom is 0.304 e. The Balaban J connectivity index is 3.37. The normalized spacial score (nSPS) is 11.4. The molecule has 0 aromatic heterocycles. The zero-order valence-corrected chi connectivity index (χ0v) is 9.88. The third-order valence-electron chi connectivity index (χ3n) is 2.55. The molecule has 0 aliphatic carbocycles. The molecule has 0 heterocycles. The topological polar surface area (TPSA) is 46.5 Å². The third kappa shape index (κ3) is 2.72. The molecule has 0 aliphatic heterocycles. The van der Waals surface area contributed by atoms with Crippen LogP contribution in [-0.4, -0.2) is 18.2 Å². The van der Waals surface area contributed by atoms with Gasteiger partial charge in [0, 0.05) is 11.0 Å². The fourth-order valence-corrected chi connectivity index (χ4v) is 1.80. The molecular weight excluding hydrogens is 230 g/mol. The zero-order valence-electron chi connectivity index (χ0n) is 9.88. The van der Waals surface area contributed by atoms with Gasteiger partial charge in [-0.2, -0.15) is 0 Å². The van der Waals surface area contributed by atoms with E-state index in [2.05, 4.69) is 0 Å². The Labute approximate surface area is 98.0 Å². The van der Waals surface area contributed by atoms with E-state index in [4.69, 9.17) is 9.84 Å². The fraction of sp³-hybridized carbons (Fsp3) is 0.417. The number of rotatable bonds is 4. The molecule has 1 rings (SSSR count). The number of ether oxygens (including phenoxy) is 1. The standard InChI is InChI=1S/C12H14F2O3/c1-12(2,6-9(15)16)10-8(17-3)5-4-7(13)11(10)14/h4-5H,6H2,1-3H3,(H,15,16). The molecule has 1 aromatic carbocycles. The molecule has 0 bridgehead atoms. The van der Waals surface area contributed by atoms with Gasteiger partial charge in [0.25, 0.3) is 0 Å². The van der Waals surface area contributed by atoms with Crippen molar-refractivity contribution >= 4 is 5.97 Å². The molecule has 0 atom stereocenters. The van der Waals surface area contributed by atoms with Crippen molar-refractivity contribution in [3.63, 3.8) is 0 Å². The Bertz CT molecular complexity index is 442. The van der Waals surface area contributed by atoms with E-state index in [0.29, 0.717) is 0 Å². The number of carbonyl (C=O) groups is 1. The molecule has 0 saturated carbocycles. The lowest BCUT2D eigenvalue weighted by atomic mass is 9.80. The molecule has 1 aromatic rings. The van der Waals surface area contributed by atoms with Gasteiger partial charge in [-0.05, 0) is 12.1 Å². The van der Waals surface area contributed by atoms with Gasteiger partial charge in [0.15, 0.2) is 11.6 Å². The highest BCUT2D eigenvalue weighted by atomic mass is 19.2. The van der Waals surface area contributed by atoms with Gasteiger partial charge in [-0.25, -0.2) is 8.78 Å². The van der Waals surface area contributed by atoms with Crippen molar-refractivity contribution in [1.29, 1.82) is 0 Å². The van der Waals surface area contributed by atoms with Crippen LogP contribution in [0.1, 0.15) is 25.8 Å². The summed E-state index contributed by atoms with van der Waals surface area (Å²) in [6.45, 7) is 3.06. The maximum absolute atomic E-state index is 13.7. The number of methoxy groups -OCH3 is 1. The Morgan fingerprint density at radius 2 is 2.00 bits per heavy atom. The van der Waals surface area contributed by atoms with Crippen LogP contribution >= 0.6 is 0 Å². The second-order valence-electron chi connectivity index (χ2n) is 4.39. The summed E-state index contributed by atoms with van der Waals surface area (Å²) in [4.78, 5) is 10.7. The molecule has 17 heavy (non-hydrogen) atoms. The average molecular weight is 244 g/mol.